The molecule has 2 aliphatic heterocycles. The molecule has 0 N–H and O–H groups in total. The van der Waals surface area contributed by atoms with Crippen LogP contribution in [0.25, 0.3) is 0 Å². The van der Waals surface area contributed by atoms with Crippen LogP contribution in [0.4, 0.5) is 0 Å². The van der Waals surface area contributed by atoms with Gasteiger partial charge < -0.3 is 4.90 Å². The molecule has 2 aromatic rings. The third-order valence-electron chi connectivity index (χ3n) is 5.96. The molecule has 0 saturated carbocycles. The van der Waals surface area contributed by atoms with Gasteiger partial charge in [0.25, 0.3) is 5.91 Å². The summed E-state index contributed by atoms with van der Waals surface area (Å²) in [7, 11) is -7.04. The zero-order chi connectivity index (χ0) is 22.1. The van der Waals surface area contributed by atoms with E-state index in [1.54, 1.807) is 35.2 Å². The Hall–Kier alpha value is -2.23. The summed E-state index contributed by atoms with van der Waals surface area (Å²) in [5, 5.41) is 0. The number of hydrogen-bond acceptors (Lipinski definition) is 5. The number of sulfone groups is 1. The fourth-order valence-electron chi connectivity index (χ4n) is 4.27. The maximum Gasteiger partial charge on any atom is 0.254 e. The van der Waals surface area contributed by atoms with E-state index in [0.29, 0.717) is 31.6 Å². The van der Waals surface area contributed by atoms with Crippen LogP contribution in [0.1, 0.15) is 36.0 Å². The molecule has 1 unspecified atom stereocenters. The van der Waals surface area contributed by atoms with Gasteiger partial charge in [0.15, 0.2) is 9.84 Å². The van der Waals surface area contributed by atoms with Gasteiger partial charge in [-0.15, -0.1) is 0 Å². The minimum Gasteiger partial charge on any atom is -0.335 e. The van der Waals surface area contributed by atoms with E-state index >= 15 is 0 Å². The Bertz CT molecular complexity index is 1140. The molecule has 31 heavy (non-hydrogen) atoms. The topological polar surface area (TPSA) is 91.8 Å². The lowest BCUT2D eigenvalue weighted by atomic mass is 10.2. The Balaban J connectivity index is 1.49. The number of likely N-dealkylation sites (tertiary alicyclic amines) is 1. The molecule has 2 fully saturated rings. The van der Waals surface area contributed by atoms with Crippen LogP contribution in [0.15, 0.2) is 64.4 Å². The van der Waals surface area contributed by atoms with Crippen LogP contribution in [-0.4, -0.2) is 63.4 Å². The maximum absolute atomic E-state index is 13.1. The van der Waals surface area contributed by atoms with Crippen LogP contribution in [-0.2, 0) is 19.9 Å². The van der Waals surface area contributed by atoms with Crippen molar-refractivity contribution >= 4 is 25.8 Å². The quantitative estimate of drug-likeness (QED) is 0.658. The van der Waals surface area contributed by atoms with E-state index in [4.69, 9.17) is 0 Å². The Morgan fingerprint density at radius 1 is 0.806 bits per heavy atom. The lowest BCUT2D eigenvalue weighted by molar-refractivity contribution is 0.0749. The highest BCUT2D eigenvalue weighted by Gasteiger charge is 2.34. The van der Waals surface area contributed by atoms with E-state index in [9.17, 15) is 21.6 Å². The minimum absolute atomic E-state index is 0.121. The smallest absolute Gasteiger partial charge is 0.254 e. The van der Waals surface area contributed by atoms with Crippen molar-refractivity contribution in [2.45, 2.75) is 41.5 Å². The highest BCUT2D eigenvalue weighted by atomic mass is 32.2. The number of amides is 1. The first-order chi connectivity index (χ1) is 14.8. The van der Waals surface area contributed by atoms with Crippen LogP contribution >= 0.6 is 0 Å². The molecule has 0 radical (unpaired) electrons. The molecule has 2 heterocycles. The summed E-state index contributed by atoms with van der Waals surface area (Å²) < 4.78 is 52.4. The summed E-state index contributed by atoms with van der Waals surface area (Å²) in [5.41, 5.74) is 0.365. The molecule has 0 aliphatic carbocycles. The van der Waals surface area contributed by atoms with Crippen molar-refractivity contribution in [3.63, 3.8) is 0 Å². The van der Waals surface area contributed by atoms with Crippen LogP contribution in [0, 0.1) is 0 Å². The third-order valence-corrected chi connectivity index (χ3v) is 9.68. The molecule has 4 rings (SSSR count). The minimum atomic E-state index is -3.54. The van der Waals surface area contributed by atoms with Gasteiger partial charge in [0.2, 0.25) is 10.0 Å². The van der Waals surface area contributed by atoms with E-state index in [1.807, 2.05) is 0 Å². The molecule has 2 aromatic carbocycles. The fourth-order valence-corrected chi connectivity index (χ4v) is 7.40. The van der Waals surface area contributed by atoms with E-state index in [0.717, 1.165) is 19.3 Å². The molecular weight excluding hydrogens is 436 g/mol. The molecule has 2 saturated heterocycles. The van der Waals surface area contributed by atoms with Crippen molar-refractivity contribution in [2.75, 3.05) is 25.4 Å². The van der Waals surface area contributed by atoms with Gasteiger partial charge in [0.05, 0.1) is 15.5 Å². The zero-order valence-electron chi connectivity index (χ0n) is 17.2. The van der Waals surface area contributed by atoms with Crippen LogP contribution in [0.5, 0.6) is 0 Å². The molecule has 9 heteroatoms. The number of hydrogen-bond donors (Lipinski definition) is 0. The van der Waals surface area contributed by atoms with Crippen LogP contribution in [0.2, 0.25) is 0 Å². The second kappa shape index (κ2) is 8.72. The average molecular weight is 463 g/mol. The van der Waals surface area contributed by atoms with E-state index < -0.39 is 25.9 Å². The van der Waals surface area contributed by atoms with Gasteiger partial charge in [-0.25, -0.2) is 16.8 Å². The van der Waals surface area contributed by atoms with Crippen molar-refractivity contribution in [1.82, 2.24) is 9.21 Å². The van der Waals surface area contributed by atoms with Gasteiger partial charge >= 0.3 is 0 Å². The SMILES string of the molecule is O=C(c1ccc(S(=O)(=O)N2CCCC2)cc1)N1CCCC1CS(=O)(=O)c1ccccc1. The summed E-state index contributed by atoms with van der Waals surface area (Å²) in [5.74, 6) is -0.389. The second-order valence-electron chi connectivity index (χ2n) is 8.02. The standard InChI is InChI=1S/C22H26N2O5S2/c25-22(18-10-12-21(13-11-18)31(28,29)23-14-4-5-15-23)24-16-6-7-19(24)17-30(26,27)20-8-2-1-3-9-20/h1-3,8-13,19H,4-7,14-17H2. The number of benzene rings is 2. The highest BCUT2D eigenvalue weighted by molar-refractivity contribution is 7.91. The predicted octanol–water partition coefficient (Wildman–Crippen LogP) is 2.55. The van der Waals surface area contributed by atoms with Gasteiger partial charge in [0.1, 0.15) is 0 Å². The Kier molecular flexibility index (Phi) is 6.18. The molecule has 166 valence electrons. The number of nitrogens with zero attached hydrogens (tertiary/aromatic N) is 2. The lowest BCUT2D eigenvalue weighted by Crippen LogP contribution is -2.39. The Morgan fingerprint density at radius 2 is 1.45 bits per heavy atom. The van der Waals surface area contributed by atoms with Gasteiger partial charge in [-0.3, -0.25) is 4.79 Å². The monoisotopic (exact) mass is 462 g/mol. The molecule has 0 bridgehead atoms. The van der Waals surface area contributed by atoms with Crippen molar-refractivity contribution in [3.8, 4) is 0 Å². The largest absolute Gasteiger partial charge is 0.335 e. The second-order valence-corrected chi connectivity index (χ2v) is 12.0. The molecule has 7 nitrogen and oxygen atoms in total. The summed E-state index contributed by atoms with van der Waals surface area (Å²) in [6.07, 6.45) is 3.08. The van der Waals surface area contributed by atoms with E-state index in [-0.39, 0.29) is 21.5 Å². The van der Waals surface area contributed by atoms with Gasteiger partial charge in [0, 0.05) is 31.2 Å². The molecule has 0 spiro atoms. The number of carbonyl (C=O) groups is 1. The lowest BCUT2D eigenvalue weighted by Gasteiger charge is -2.25. The molecule has 2 aliphatic rings. The first-order valence-corrected chi connectivity index (χ1v) is 13.6. The zero-order valence-corrected chi connectivity index (χ0v) is 18.8. The molecule has 0 aromatic heterocycles. The van der Waals surface area contributed by atoms with Crippen molar-refractivity contribution < 1.29 is 21.6 Å². The fraction of sp³-hybridized carbons (Fsp3) is 0.409. The average Bonchev–Trinajstić information content (AvgIpc) is 3.46. The van der Waals surface area contributed by atoms with Gasteiger partial charge in [-0.05, 0) is 62.1 Å². The van der Waals surface area contributed by atoms with E-state index in [2.05, 4.69) is 0 Å². The molecule has 1 amide bonds. The third kappa shape index (κ3) is 4.53. The summed E-state index contributed by atoms with van der Waals surface area (Å²) in [4.78, 5) is 15.1. The first kappa shape index (κ1) is 22.0. The van der Waals surface area contributed by atoms with Crippen molar-refractivity contribution in [3.05, 3.63) is 60.2 Å². The summed E-state index contributed by atoms with van der Waals surface area (Å²) in [6, 6.07) is 13.8. The van der Waals surface area contributed by atoms with Crippen molar-refractivity contribution in [1.29, 1.82) is 0 Å². The predicted molar refractivity (Wildman–Crippen MR) is 117 cm³/mol. The number of carbonyl (C=O) groups excluding carboxylic acids is 1. The number of rotatable bonds is 6. The number of sulfonamides is 1. The normalized spacial score (nSPS) is 20.3. The molecule has 1 atom stereocenters. The highest BCUT2D eigenvalue weighted by Crippen LogP contribution is 2.25. The maximum atomic E-state index is 13.1. The first-order valence-electron chi connectivity index (χ1n) is 10.5. The van der Waals surface area contributed by atoms with E-state index in [1.165, 1.54) is 28.6 Å². The Labute approximate surface area is 183 Å². The van der Waals surface area contributed by atoms with Crippen molar-refractivity contribution in [2.24, 2.45) is 0 Å². The summed E-state index contributed by atoms with van der Waals surface area (Å²) in [6.45, 7) is 1.53. The van der Waals surface area contributed by atoms with Crippen LogP contribution < -0.4 is 0 Å². The van der Waals surface area contributed by atoms with Crippen LogP contribution in [0.3, 0.4) is 0 Å². The summed E-state index contributed by atoms with van der Waals surface area (Å²) >= 11 is 0. The van der Waals surface area contributed by atoms with Gasteiger partial charge in [-0.1, -0.05) is 18.2 Å². The molecular formula is C22H26N2O5S2. The Morgan fingerprint density at radius 3 is 2.10 bits per heavy atom. The van der Waals surface area contributed by atoms with Gasteiger partial charge in [-0.2, -0.15) is 4.31 Å².